The van der Waals surface area contributed by atoms with Crippen molar-refractivity contribution in [3.05, 3.63) is 71.9 Å². The monoisotopic (exact) mass is 534 g/mol. The Bertz CT molecular complexity index is 1130. The lowest BCUT2D eigenvalue weighted by Crippen LogP contribution is -2.59. The van der Waals surface area contributed by atoms with E-state index in [1.807, 2.05) is 87.4 Å². The highest BCUT2D eigenvalue weighted by Crippen LogP contribution is 2.27. The minimum absolute atomic E-state index is 0.142. The first kappa shape index (κ1) is 29.9. The Labute approximate surface area is 232 Å². The molecule has 210 valence electrons. The van der Waals surface area contributed by atoms with E-state index in [0.717, 1.165) is 11.1 Å². The second-order valence-electron chi connectivity index (χ2n) is 10.8. The van der Waals surface area contributed by atoms with Gasteiger partial charge in [-0.25, -0.2) is 0 Å². The average Bonchev–Trinajstić information content (AvgIpc) is 2.92. The molecule has 2 aliphatic rings. The van der Waals surface area contributed by atoms with Crippen molar-refractivity contribution in [2.24, 2.45) is 11.8 Å². The van der Waals surface area contributed by atoms with Gasteiger partial charge in [0.25, 0.3) is 0 Å². The van der Waals surface area contributed by atoms with Gasteiger partial charge in [0.05, 0.1) is 6.04 Å². The topological polar surface area (TPSA) is 99.8 Å². The highest BCUT2D eigenvalue weighted by Gasteiger charge is 2.38. The van der Waals surface area contributed by atoms with Crippen LogP contribution in [0.2, 0.25) is 0 Å². The highest BCUT2D eigenvalue weighted by molar-refractivity contribution is 5.94. The highest BCUT2D eigenvalue weighted by atomic mass is 16.5. The van der Waals surface area contributed by atoms with Gasteiger partial charge in [0.1, 0.15) is 17.8 Å². The van der Waals surface area contributed by atoms with Crippen molar-refractivity contribution in [1.82, 2.24) is 20.9 Å². The van der Waals surface area contributed by atoms with Crippen LogP contribution in [0.25, 0.3) is 6.08 Å². The number of hydrogen-bond acceptors (Lipinski definition) is 5. The number of fused-ring (bicyclic) bond motifs is 10. The standard InChI is InChI=1S/C31H42N4O4/c1-7-21(4)26-30(37)32-18-17-22-13-15-24(16-14-22)39-28(23-11-9-8-10-12-23)27(31(38)33-26)34-29(36)25(35(5)6)19-20(2)3/h8-18,20-21,25-28H,7,19H2,1-6H3,(H,32,37)(H,33,38)(H,34,36)/t21-,25-,26+,27+,28+/m0/s1. The molecular weight excluding hydrogens is 492 g/mol. The van der Waals surface area contributed by atoms with E-state index in [1.54, 1.807) is 12.3 Å². The molecule has 0 radical (unpaired) electrons. The molecule has 2 aromatic rings. The van der Waals surface area contributed by atoms with Crippen LogP contribution in [-0.2, 0) is 14.4 Å². The number of rotatable bonds is 8. The second kappa shape index (κ2) is 13.9. The number of benzene rings is 2. The molecular formula is C31H42N4O4. The molecule has 8 nitrogen and oxygen atoms in total. The SMILES string of the molecule is CC[C@H](C)[C@H]1NC(=O)[C@H](NC(=O)[C@H](CC(C)C)N(C)C)[C@@H](c2ccccc2)Oc2ccc(cc2)C=CNC1=O. The van der Waals surface area contributed by atoms with E-state index >= 15 is 0 Å². The summed E-state index contributed by atoms with van der Waals surface area (Å²) in [6.07, 6.45) is 3.81. The van der Waals surface area contributed by atoms with E-state index < -0.39 is 30.1 Å². The average molecular weight is 535 g/mol. The molecule has 0 saturated carbocycles. The Morgan fingerprint density at radius 3 is 2.26 bits per heavy atom. The van der Waals surface area contributed by atoms with Crippen LogP contribution in [0.15, 0.2) is 60.8 Å². The maximum Gasteiger partial charge on any atom is 0.247 e. The number of amides is 3. The Morgan fingerprint density at radius 2 is 1.67 bits per heavy atom. The molecule has 2 bridgehead atoms. The summed E-state index contributed by atoms with van der Waals surface area (Å²) in [5.74, 6) is -0.405. The van der Waals surface area contributed by atoms with E-state index in [0.29, 0.717) is 18.6 Å². The number of likely N-dealkylation sites (N-methyl/N-ethyl adjacent to an activating group) is 1. The fourth-order valence-electron chi connectivity index (χ4n) is 4.56. The normalized spacial score (nSPS) is 21.5. The van der Waals surface area contributed by atoms with Gasteiger partial charge in [-0.1, -0.05) is 76.6 Å². The minimum atomic E-state index is -1.10. The van der Waals surface area contributed by atoms with E-state index in [-0.39, 0.29) is 23.7 Å². The quantitative estimate of drug-likeness (QED) is 0.477. The zero-order valence-corrected chi connectivity index (χ0v) is 23.8. The van der Waals surface area contributed by atoms with Crippen LogP contribution < -0.4 is 20.7 Å². The number of nitrogens with one attached hydrogen (secondary N) is 3. The van der Waals surface area contributed by atoms with E-state index in [9.17, 15) is 14.4 Å². The first-order chi connectivity index (χ1) is 18.6. The molecule has 0 fully saturated rings. The fourth-order valence-corrected chi connectivity index (χ4v) is 4.56. The van der Waals surface area contributed by atoms with Crippen LogP contribution in [0.4, 0.5) is 0 Å². The number of ether oxygens (including phenoxy) is 1. The third-order valence-electron chi connectivity index (χ3n) is 7.07. The van der Waals surface area contributed by atoms with E-state index in [1.165, 1.54) is 0 Å². The molecule has 2 aromatic carbocycles. The molecule has 0 aromatic heterocycles. The molecule has 5 atom stereocenters. The lowest BCUT2D eigenvalue weighted by Gasteiger charge is -2.33. The maximum atomic E-state index is 14.0. The van der Waals surface area contributed by atoms with E-state index in [4.69, 9.17) is 4.74 Å². The Kier molecular flexibility index (Phi) is 10.7. The molecule has 2 heterocycles. The second-order valence-corrected chi connectivity index (χ2v) is 10.8. The van der Waals surface area contributed by atoms with Crippen LogP contribution in [0.5, 0.6) is 5.75 Å². The summed E-state index contributed by atoms with van der Waals surface area (Å²) in [6.45, 7) is 8.00. The molecule has 3 amide bonds. The summed E-state index contributed by atoms with van der Waals surface area (Å²) in [6, 6.07) is 14.4. The van der Waals surface area contributed by atoms with Gasteiger partial charge in [-0.15, -0.1) is 0 Å². The van der Waals surface area contributed by atoms with Gasteiger partial charge >= 0.3 is 0 Å². The van der Waals surface area contributed by atoms with Crippen LogP contribution in [0.1, 0.15) is 57.8 Å². The van der Waals surface area contributed by atoms with Crippen LogP contribution >= 0.6 is 0 Å². The Hall–Kier alpha value is -3.65. The molecule has 3 N–H and O–H groups in total. The van der Waals surface area contributed by atoms with Crippen molar-refractivity contribution in [2.45, 2.75) is 64.8 Å². The molecule has 2 aliphatic heterocycles. The molecule has 0 unspecified atom stereocenters. The van der Waals surface area contributed by atoms with Crippen molar-refractivity contribution < 1.29 is 19.1 Å². The van der Waals surface area contributed by atoms with Crippen molar-refractivity contribution in [1.29, 1.82) is 0 Å². The number of carbonyl (C=O) groups is 3. The van der Waals surface area contributed by atoms with Crippen molar-refractivity contribution >= 4 is 23.8 Å². The molecule has 39 heavy (non-hydrogen) atoms. The third-order valence-corrected chi connectivity index (χ3v) is 7.07. The largest absolute Gasteiger partial charge is 0.483 e. The predicted molar refractivity (Wildman–Crippen MR) is 154 cm³/mol. The summed E-state index contributed by atoms with van der Waals surface area (Å²) in [5, 5.41) is 8.74. The minimum Gasteiger partial charge on any atom is -0.483 e. The lowest BCUT2D eigenvalue weighted by molar-refractivity contribution is -0.136. The summed E-state index contributed by atoms with van der Waals surface area (Å²) in [4.78, 5) is 42.7. The zero-order chi connectivity index (χ0) is 28.5. The maximum absolute atomic E-state index is 14.0. The summed E-state index contributed by atoms with van der Waals surface area (Å²) < 4.78 is 6.44. The molecule has 0 aliphatic carbocycles. The smallest absolute Gasteiger partial charge is 0.247 e. The summed E-state index contributed by atoms with van der Waals surface area (Å²) >= 11 is 0. The van der Waals surface area contributed by atoms with Gasteiger partial charge < -0.3 is 20.7 Å². The fraction of sp³-hybridized carbons (Fsp3) is 0.452. The summed E-state index contributed by atoms with van der Waals surface area (Å²) in [5.41, 5.74) is 1.61. The molecule has 8 heteroatoms. The summed E-state index contributed by atoms with van der Waals surface area (Å²) in [7, 11) is 3.70. The van der Waals surface area contributed by atoms with Gasteiger partial charge in [-0.05, 0) is 61.7 Å². The van der Waals surface area contributed by atoms with E-state index in [2.05, 4.69) is 29.8 Å². The van der Waals surface area contributed by atoms with Crippen LogP contribution in [-0.4, -0.2) is 54.8 Å². The van der Waals surface area contributed by atoms with Crippen LogP contribution in [0.3, 0.4) is 0 Å². The van der Waals surface area contributed by atoms with Gasteiger partial charge in [-0.2, -0.15) is 0 Å². The third kappa shape index (κ3) is 8.17. The number of carbonyl (C=O) groups excluding carboxylic acids is 3. The van der Waals surface area contributed by atoms with Gasteiger partial charge in [0.2, 0.25) is 17.7 Å². The number of hydrogen-bond donors (Lipinski definition) is 3. The molecule has 4 rings (SSSR count). The lowest BCUT2D eigenvalue weighted by atomic mass is 9.95. The first-order valence-corrected chi connectivity index (χ1v) is 13.7. The van der Waals surface area contributed by atoms with Crippen LogP contribution in [0, 0.1) is 11.8 Å². The van der Waals surface area contributed by atoms with Gasteiger partial charge in [0, 0.05) is 6.20 Å². The van der Waals surface area contributed by atoms with Gasteiger partial charge in [-0.3, -0.25) is 19.3 Å². The predicted octanol–water partition coefficient (Wildman–Crippen LogP) is 3.90. The molecule has 0 spiro atoms. The molecule has 0 saturated heterocycles. The van der Waals surface area contributed by atoms with Crippen molar-refractivity contribution in [2.75, 3.05) is 14.1 Å². The van der Waals surface area contributed by atoms with Crippen molar-refractivity contribution in [3.8, 4) is 5.75 Å². The van der Waals surface area contributed by atoms with Gasteiger partial charge in [0.15, 0.2) is 6.10 Å². The Balaban J connectivity index is 2.11. The van der Waals surface area contributed by atoms with Crippen molar-refractivity contribution in [3.63, 3.8) is 0 Å². The first-order valence-electron chi connectivity index (χ1n) is 13.7. The Morgan fingerprint density at radius 1 is 1.00 bits per heavy atom. The number of nitrogens with zero attached hydrogens (tertiary/aromatic N) is 1. The zero-order valence-electron chi connectivity index (χ0n) is 23.8.